The van der Waals surface area contributed by atoms with Crippen molar-refractivity contribution in [3.8, 4) is 0 Å². The van der Waals surface area contributed by atoms with Crippen molar-refractivity contribution in [1.29, 1.82) is 0 Å². The molecule has 0 aliphatic rings. The van der Waals surface area contributed by atoms with Crippen molar-refractivity contribution in [3.05, 3.63) is 29.8 Å². The normalized spacial score (nSPS) is 12.9. The molecule has 0 radical (unpaired) electrons. The smallest absolute Gasteiger partial charge is 0.0398 e. The fraction of sp³-hybridized carbons (Fsp3) is 0.600. The average Bonchev–Trinajstić information content (AvgIpc) is 2.26. The first-order chi connectivity index (χ1) is 7.56. The number of nitrogens with zero attached hydrogens (tertiary/aromatic N) is 1. The van der Waals surface area contributed by atoms with Crippen LogP contribution in [-0.2, 0) is 0 Å². The van der Waals surface area contributed by atoms with Crippen molar-refractivity contribution in [2.75, 3.05) is 11.4 Å². The van der Waals surface area contributed by atoms with E-state index in [1.807, 2.05) is 0 Å². The first-order valence-electron chi connectivity index (χ1n) is 6.38. The van der Waals surface area contributed by atoms with Gasteiger partial charge in [-0.2, -0.15) is 0 Å². The van der Waals surface area contributed by atoms with Gasteiger partial charge in [0.05, 0.1) is 0 Å². The monoisotopic (exact) mass is 219 g/mol. The molecule has 0 heterocycles. The lowest BCUT2D eigenvalue weighted by atomic mass is 10.1. The van der Waals surface area contributed by atoms with Crippen LogP contribution >= 0.6 is 0 Å². The molecule has 90 valence electrons. The second kappa shape index (κ2) is 5.93. The maximum Gasteiger partial charge on any atom is 0.0398 e. The van der Waals surface area contributed by atoms with Gasteiger partial charge in [0.15, 0.2) is 0 Å². The van der Waals surface area contributed by atoms with Gasteiger partial charge in [0.1, 0.15) is 0 Å². The van der Waals surface area contributed by atoms with E-state index in [0.717, 1.165) is 6.54 Å². The second-order valence-corrected chi connectivity index (χ2v) is 5.09. The molecule has 1 aromatic rings. The van der Waals surface area contributed by atoms with Crippen molar-refractivity contribution < 1.29 is 0 Å². The lowest BCUT2D eigenvalue weighted by molar-refractivity contribution is 0.541. The molecular weight excluding hydrogens is 194 g/mol. The van der Waals surface area contributed by atoms with Crippen LogP contribution in [0.4, 0.5) is 5.69 Å². The fourth-order valence-corrected chi connectivity index (χ4v) is 2.02. The third-order valence-corrected chi connectivity index (χ3v) is 3.11. The maximum absolute atomic E-state index is 2.54. The summed E-state index contributed by atoms with van der Waals surface area (Å²) in [7, 11) is 0. The number of para-hydroxylation sites is 1. The predicted octanol–water partition coefficient (Wildman–Crippen LogP) is 4.26. The summed E-state index contributed by atoms with van der Waals surface area (Å²) in [6, 6.07) is 9.30. The van der Waals surface area contributed by atoms with Gasteiger partial charge < -0.3 is 4.90 Å². The minimum absolute atomic E-state index is 0.614. The topological polar surface area (TPSA) is 3.24 Å². The molecule has 0 saturated carbocycles. The van der Waals surface area contributed by atoms with Gasteiger partial charge in [0.2, 0.25) is 0 Å². The Morgan fingerprint density at radius 3 is 2.25 bits per heavy atom. The van der Waals surface area contributed by atoms with E-state index in [9.17, 15) is 0 Å². The van der Waals surface area contributed by atoms with E-state index in [1.165, 1.54) is 17.7 Å². The number of hydrogen-bond donors (Lipinski definition) is 0. The van der Waals surface area contributed by atoms with Crippen molar-refractivity contribution in [2.24, 2.45) is 5.92 Å². The Morgan fingerprint density at radius 1 is 1.12 bits per heavy atom. The van der Waals surface area contributed by atoms with Gasteiger partial charge in [0, 0.05) is 18.3 Å². The highest BCUT2D eigenvalue weighted by Gasteiger charge is 2.15. The highest BCUT2D eigenvalue weighted by molar-refractivity contribution is 5.53. The molecule has 0 amide bonds. The minimum atomic E-state index is 0.614. The van der Waals surface area contributed by atoms with Gasteiger partial charge in [-0.15, -0.1) is 0 Å². The second-order valence-electron chi connectivity index (χ2n) is 5.09. The highest BCUT2D eigenvalue weighted by atomic mass is 15.2. The van der Waals surface area contributed by atoms with E-state index in [-0.39, 0.29) is 0 Å². The van der Waals surface area contributed by atoms with Crippen LogP contribution < -0.4 is 4.90 Å². The molecule has 0 aromatic heterocycles. The summed E-state index contributed by atoms with van der Waals surface area (Å²) in [5.74, 6) is 0.702. The fourth-order valence-electron chi connectivity index (χ4n) is 2.02. The average molecular weight is 219 g/mol. The number of aryl methyl sites for hydroxylation is 1. The summed E-state index contributed by atoms with van der Waals surface area (Å²) >= 11 is 0. The van der Waals surface area contributed by atoms with Crippen LogP contribution in [0, 0.1) is 12.8 Å². The standard InChI is InChI=1S/C15H25N/c1-6-14(5)16(11-12(2)3)15-10-8-7-9-13(15)4/h7-10,12,14H,6,11H2,1-5H3. The quantitative estimate of drug-likeness (QED) is 0.715. The third-order valence-electron chi connectivity index (χ3n) is 3.11. The van der Waals surface area contributed by atoms with E-state index >= 15 is 0 Å². The highest BCUT2D eigenvalue weighted by Crippen LogP contribution is 2.23. The first kappa shape index (κ1) is 13.1. The zero-order valence-corrected chi connectivity index (χ0v) is 11.3. The van der Waals surface area contributed by atoms with Gasteiger partial charge in [0.25, 0.3) is 0 Å². The lowest BCUT2D eigenvalue weighted by Gasteiger charge is -2.33. The van der Waals surface area contributed by atoms with Gasteiger partial charge in [-0.25, -0.2) is 0 Å². The van der Waals surface area contributed by atoms with Crippen LogP contribution in [0.5, 0.6) is 0 Å². The van der Waals surface area contributed by atoms with Crippen LogP contribution in [0.15, 0.2) is 24.3 Å². The van der Waals surface area contributed by atoms with Crippen molar-refractivity contribution >= 4 is 5.69 Å². The van der Waals surface area contributed by atoms with E-state index in [1.54, 1.807) is 0 Å². The summed E-state index contributed by atoms with van der Waals surface area (Å²) < 4.78 is 0. The maximum atomic E-state index is 2.54. The molecule has 1 aromatic carbocycles. The van der Waals surface area contributed by atoms with Gasteiger partial charge in [-0.3, -0.25) is 0 Å². The Hall–Kier alpha value is -0.980. The van der Waals surface area contributed by atoms with E-state index in [4.69, 9.17) is 0 Å². The largest absolute Gasteiger partial charge is 0.368 e. The number of anilines is 1. The molecule has 1 heteroatoms. The van der Waals surface area contributed by atoms with Gasteiger partial charge >= 0.3 is 0 Å². The molecule has 0 spiro atoms. The van der Waals surface area contributed by atoms with E-state index in [0.29, 0.717) is 12.0 Å². The molecule has 1 unspecified atom stereocenters. The van der Waals surface area contributed by atoms with Crippen LogP contribution in [0.2, 0.25) is 0 Å². The minimum Gasteiger partial charge on any atom is -0.368 e. The predicted molar refractivity (Wildman–Crippen MR) is 73.1 cm³/mol. The third kappa shape index (κ3) is 3.26. The molecular formula is C15H25N. The van der Waals surface area contributed by atoms with Crippen LogP contribution in [-0.4, -0.2) is 12.6 Å². The molecule has 1 rings (SSSR count). The molecule has 0 saturated heterocycles. The summed E-state index contributed by atoms with van der Waals surface area (Å²) in [5.41, 5.74) is 2.77. The van der Waals surface area contributed by atoms with Crippen LogP contribution in [0.1, 0.15) is 39.7 Å². The molecule has 0 aliphatic carbocycles. The summed E-state index contributed by atoms with van der Waals surface area (Å²) in [6.45, 7) is 12.5. The Kier molecular flexibility index (Phi) is 4.85. The molecule has 0 bridgehead atoms. The summed E-state index contributed by atoms with van der Waals surface area (Å²) in [5, 5.41) is 0. The van der Waals surface area contributed by atoms with Crippen molar-refractivity contribution in [1.82, 2.24) is 0 Å². The SMILES string of the molecule is CCC(C)N(CC(C)C)c1ccccc1C. The Morgan fingerprint density at radius 2 is 1.75 bits per heavy atom. The van der Waals surface area contributed by atoms with Crippen molar-refractivity contribution in [3.63, 3.8) is 0 Å². The summed E-state index contributed by atoms with van der Waals surface area (Å²) in [6.07, 6.45) is 1.20. The van der Waals surface area contributed by atoms with Crippen LogP contribution in [0.25, 0.3) is 0 Å². The molecule has 1 atom stereocenters. The van der Waals surface area contributed by atoms with Crippen molar-refractivity contribution in [2.45, 2.75) is 47.1 Å². The number of hydrogen-bond acceptors (Lipinski definition) is 1. The van der Waals surface area contributed by atoms with E-state index < -0.39 is 0 Å². The Balaban J connectivity index is 2.96. The molecule has 0 N–H and O–H groups in total. The van der Waals surface area contributed by atoms with E-state index in [2.05, 4.69) is 63.8 Å². The molecule has 16 heavy (non-hydrogen) atoms. The first-order valence-corrected chi connectivity index (χ1v) is 6.38. The van der Waals surface area contributed by atoms with Crippen LogP contribution in [0.3, 0.4) is 0 Å². The molecule has 0 aliphatic heterocycles. The van der Waals surface area contributed by atoms with Gasteiger partial charge in [-0.05, 0) is 37.8 Å². The number of benzene rings is 1. The summed E-state index contributed by atoms with van der Waals surface area (Å²) in [4.78, 5) is 2.54. The molecule has 1 nitrogen and oxygen atoms in total. The zero-order valence-electron chi connectivity index (χ0n) is 11.3. The zero-order chi connectivity index (χ0) is 12.1. The Bertz CT molecular complexity index is 317. The van der Waals surface area contributed by atoms with Gasteiger partial charge in [-0.1, -0.05) is 39.0 Å². The molecule has 0 fully saturated rings. The Labute approximate surface area is 100 Å². The lowest BCUT2D eigenvalue weighted by Crippen LogP contribution is -2.36. The number of rotatable bonds is 5.